The van der Waals surface area contributed by atoms with Crippen molar-refractivity contribution in [1.29, 1.82) is 0 Å². The van der Waals surface area contributed by atoms with Gasteiger partial charge in [0.1, 0.15) is 5.60 Å². The van der Waals surface area contributed by atoms with Gasteiger partial charge in [-0.25, -0.2) is 15.0 Å². The van der Waals surface area contributed by atoms with E-state index in [0.717, 1.165) is 24.1 Å². The highest BCUT2D eigenvalue weighted by molar-refractivity contribution is 7.16. The zero-order valence-corrected chi connectivity index (χ0v) is 21.2. The molecule has 3 heterocycles. The molecule has 3 aromatic heterocycles. The SMILES string of the molecule is CNC(=O)[C@H]1[C@H](C)C[C@](O)(n2cnc3c(NC4CCC4)nc(C#Cc4ccc(Cl)s4)nc32)[C@@]1(C)O. The number of halogens is 1. The van der Waals surface area contributed by atoms with Crippen molar-refractivity contribution in [3.63, 3.8) is 0 Å². The fourth-order valence-electron chi connectivity index (χ4n) is 5.16. The van der Waals surface area contributed by atoms with Gasteiger partial charge < -0.3 is 20.8 Å². The minimum Gasteiger partial charge on any atom is -0.384 e. The maximum atomic E-state index is 12.6. The molecule has 4 atom stereocenters. The molecular weight excluding hydrogens is 488 g/mol. The van der Waals surface area contributed by atoms with Crippen LogP contribution in [-0.2, 0) is 10.5 Å². The van der Waals surface area contributed by atoms with Gasteiger partial charge >= 0.3 is 0 Å². The topological polar surface area (TPSA) is 125 Å². The average Bonchev–Trinajstić information content (AvgIpc) is 3.44. The maximum absolute atomic E-state index is 12.6. The normalized spacial score (nSPS) is 28.4. The first-order valence-electron chi connectivity index (χ1n) is 11.6. The molecule has 2 saturated carbocycles. The Balaban J connectivity index is 1.63. The first-order valence-corrected chi connectivity index (χ1v) is 12.8. The summed E-state index contributed by atoms with van der Waals surface area (Å²) in [4.78, 5) is 27.1. The molecule has 0 unspecified atom stereocenters. The molecule has 11 heteroatoms. The second-order valence-corrected chi connectivity index (χ2v) is 11.3. The molecule has 0 aromatic carbocycles. The number of anilines is 1. The molecule has 9 nitrogen and oxygen atoms in total. The Hall–Kier alpha value is -2.71. The molecule has 2 aliphatic carbocycles. The van der Waals surface area contributed by atoms with Gasteiger partial charge in [-0.1, -0.05) is 18.5 Å². The Kier molecular flexibility index (Phi) is 6.00. The van der Waals surface area contributed by atoms with Crippen molar-refractivity contribution in [2.45, 2.75) is 56.9 Å². The Morgan fingerprint density at radius 3 is 2.69 bits per heavy atom. The number of hydrogen-bond donors (Lipinski definition) is 4. The summed E-state index contributed by atoms with van der Waals surface area (Å²) in [6.45, 7) is 3.32. The van der Waals surface area contributed by atoms with Crippen LogP contribution in [0.1, 0.15) is 50.2 Å². The van der Waals surface area contributed by atoms with Gasteiger partial charge in [0.15, 0.2) is 22.7 Å². The van der Waals surface area contributed by atoms with Crippen LogP contribution in [0.3, 0.4) is 0 Å². The number of thiophene rings is 1. The standard InChI is InChI=1S/C24H27ClN6O3S/c1-13-11-24(34,23(2,33)18(13)22(32)26-3)31-12-27-19-20(28-14-5-4-6-14)29-17(30-21(19)31)10-8-15-7-9-16(25)35-15/h7,9,12-14,18,33-34H,4-6,11H2,1-3H3,(H,26,32)(H,28,29,30)/t13-,18-,23+,24-/m1/s1. The van der Waals surface area contributed by atoms with Gasteiger partial charge in [-0.2, -0.15) is 0 Å². The van der Waals surface area contributed by atoms with Crippen LogP contribution in [-0.4, -0.2) is 54.3 Å². The zero-order valence-electron chi connectivity index (χ0n) is 19.7. The maximum Gasteiger partial charge on any atom is 0.226 e. The molecule has 5 rings (SSSR count). The number of carbonyl (C=O) groups excluding carboxylic acids is 1. The third kappa shape index (κ3) is 3.96. The monoisotopic (exact) mass is 514 g/mol. The van der Waals surface area contributed by atoms with Crippen LogP contribution in [0.15, 0.2) is 18.5 Å². The van der Waals surface area contributed by atoms with Crippen molar-refractivity contribution >= 4 is 45.8 Å². The molecular formula is C24H27ClN6O3S. The molecule has 35 heavy (non-hydrogen) atoms. The van der Waals surface area contributed by atoms with Crippen molar-refractivity contribution < 1.29 is 15.0 Å². The second-order valence-electron chi connectivity index (χ2n) is 9.55. The molecule has 0 saturated heterocycles. The van der Waals surface area contributed by atoms with E-state index in [9.17, 15) is 15.0 Å². The van der Waals surface area contributed by atoms with E-state index in [0.29, 0.717) is 21.3 Å². The van der Waals surface area contributed by atoms with Gasteiger partial charge in [-0.15, -0.1) is 11.3 Å². The van der Waals surface area contributed by atoms with Crippen molar-refractivity contribution in [2.75, 3.05) is 12.4 Å². The number of nitrogens with zero attached hydrogens (tertiary/aromatic N) is 4. The van der Waals surface area contributed by atoms with Crippen LogP contribution in [0.5, 0.6) is 0 Å². The number of rotatable bonds is 4. The lowest BCUT2D eigenvalue weighted by Gasteiger charge is -2.38. The van der Waals surface area contributed by atoms with Crippen LogP contribution in [0.25, 0.3) is 11.2 Å². The smallest absolute Gasteiger partial charge is 0.226 e. The van der Waals surface area contributed by atoms with E-state index in [1.54, 1.807) is 6.07 Å². The molecule has 0 radical (unpaired) electrons. The first-order chi connectivity index (χ1) is 16.6. The largest absolute Gasteiger partial charge is 0.384 e. The average molecular weight is 515 g/mol. The molecule has 0 aliphatic heterocycles. The molecule has 0 spiro atoms. The Bertz CT molecular complexity index is 1350. The van der Waals surface area contributed by atoms with Gasteiger partial charge in [0.05, 0.1) is 21.5 Å². The fourth-order valence-corrected chi connectivity index (χ4v) is 6.06. The number of hydrogen-bond acceptors (Lipinski definition) is 8. The minimum absolute atomic E-state index is 0.146. The lowest BCUT2D eigenvalue weighted by Crippen LogP contribution is -2.55. The van der Waals surface area contributed by atoms with E-state index >= 15 is 0 Å². The Morgan fingerprint density at radius 1 is 1.29 bits per heavy atom. The van der Waals surface area contributed by atoms with E-state index in [1.807, 2.05) is 13.0 Å². The van der Waals surface area contributed by atoms with Crippen LogP contribution >= 0.6 is 22.9 Å². The summed E-state index contributed by atoms with van der Waals surface area (Å²) in [5, 5.41) is 29.4. The van der Waals surface area contributed by atoms with Gasteiger partial charge in [0, 0.05) is 19.5 Å². The number of amides is 1. The molecule has 0 bridgehead atoms. The molecule has 4 N–H and O–H groups in total. The number of imidazole rings is 1. The highest BCUT2D eigenvalue weighted by Crippen LogP contribution is 2.51. The van der Waals surface area contributed by atoms with E-state index in [-0.39, 0.29) is 30.1 Å². The van der Waals surface area contributed by atoms with Crippen LogP contribution in [0.4, 0.5) is 5.82 Å². The van der Waals surface area contributed by atoms with Crippen molar-refractivity contribution in [1.82, 2.24) is 24.8 Å². The van der Waals surface area contributed by atoms with Crippen LogP contribution in [0.2, 0.25) is 4.34 Å². The third-order valence-electron chi connectivity index (χ3n) is 7.23. The third-order valence-corrected chi connectivity index (χ3v) is 8.38. The van der Waals surface area contributed by atoms with Gasteiger partial charge in [-0.05, 0) is 56.1 Å². The highest BCUT2D eigenvalue weighted by Gasteiger charge is 2.63. The summed E-state index contributed by atoms with van der Waals surface area (Å²) in [5.41, 5.74) is -2.77. The molecule has 1 amide bonds. The molecule has 2 fully saturated rings. The molecule has 2 aliphatic rings. The summed E-state index contributed by atoms with van der Waals surface area (Å²) in [7, 11) is 1.52. The van der Waals surface area contributed by atoms with Crippen LogP contribution in [0, 0.1) is 23.7 Å². The van der Waals surface area contributed by atoms with Gasteiger partial charge in [-0.3, -0.25) is 9.36 Å². The van der Waals surface area contributed by atoms with Gasteiger partial charge in [0.25, 0.3) is 0 Å². The van der Waals surface area contributed by atoms with E-state index in [4.69, 9.17) is 11.6 Å². The van der Waals surface area contributed by atoms with Crippen molar-refractivity contribution in [3.8, 4) is 11.8 Å². The predicted molar refractivity (Wildman–Crippen MR) is 134 cm³/mol. The number of aliphatic hydroxyl groups is 2. The van der Waals surface area contributed by atoms with Gasteiger partial charge in [0.2, 0.25) is 11.7 Å². The van der Waals surface area contributed by atoms with E-state index in [1.165, 1.54) is 36.2 Å². The summed E-state index contributed by atoms with van der Waals surface area (Å²) in [5.74, 6) is 5.38. The minimum atomic E-state index is -1.81. The van der Waals surface area contributed by atoms with Crippen LogP contribution < -0.4 is 10.6 Å². The summed E-state index contributed by atoms with van der Waals surface area (Å²) < 4.78 is 2.10. The second kappa shape index (κ2) is 8.75. The van der Waals surface area contributed by atoms with Crippen molar-refractivity contribution in [3.05, 3.63) is 33.5 Å². The lowest BCUT2D eigenvalue weighted by molar-refractivity contribution is -0.189. The number of aromatic nitrogens is 4. The number of nitrogens with one attached hydrogen (secondary N) is 2. The lowest BCUT2D eigenvalue weighted by atomic mass is 9.84. The fraction of sp³-hybridized carbons (Fsp3) is 0.500. The first kappa shape index (κ1) is 24.0. The summed E-state index contributed by atoms with van der Waals surface area (Å²) in [6, 6.07) is 3.89. The quantitative estimate of drug-likeness (QED) is 0.394. The Labute approximate surface area is 212 Å². The highest BCUT2D eigenvalue weighted by atomic mass is 35.5. The molecule has 184 valence electrons. The summed E-state index contributed by atoms with van der Waals surface area (Å²) >= 11 is 7.38. The number of fused-ring (bicyclic) bond motifs is 1. The van der Waals surface area contributed by atoms with Crippen molar-refractivity contribution in [2.24, 2.45) is 11.8 Å². The van der Waals surface area contributed by atoms with E-state index in [2.05, 4.69) is 37.4 Å². The molecule has 3 aromatic rings. The zero-order chi connectivity index (χ0) is 25.0. The number of carbonyl (C=O) groups is 1. The Morgan fingerprint density at radius 2 is 2.06 bits per heavy atom. The predicted octanol–water partition coefficient (Wildman–Crippen LogP) is 2.70. The van der Waals surface area contributed by atoms with E-state index < -0.39 is 17.2 Å². The summed E-state index contributed by atoms with van der Waals surface area (Å²) in [6.07, 6.45) is 4.81.